The summed E-state index contributed by atoms with van der Waals surface area (Å²) in [6.07, 6.45) is 3.15. The van der Waals surface area contributed by atoms with Gasteiger partial charge in [-0.05, 0) is 50.3 Å². The number of benzene rings is 2. The summed E-state index contributed by atoms with van der Waals surface area (Å²) in [5.74, 6) is -1.03. The second-order valence-electron chi connectivity index (χ2n) is 9.38. The molecule has 2 atom stereocenters. The van der Waals surface area contributed by atoms with Gasteiger partial charge in [-0.2, -0.15) is 5.10 Å². The number of anilines is 1. The molecule has 1 aromatic heterocycles. The molecule has 0 fully saturated rings. The first-order chi connectivity index (χ1) is 15.7. The SMILES string of the molecule is CCc1ccc(C(C)(NC(=O)c2cnn3c2N[C@@H](c2ccccc2)CC3(C)C)C(=O)O)cc1. The van der Waals surface area contributed by atoms with Gasteiger partial charge in [-0.1, -0.05) is 61.5 Å². The van der Waals surface area contributed by atoms with Crippen LogP contribution >= 0.6 is 0 Å². The predicted octanol–water partition coefficient (Wildman–Crippen LogP) is 4.47. The van der Waals surface area contributed by atoms with E-state index in [0.717, 1.165) is 24.0 Å². The third-order valence-corrected chi connectivity index (χ3v) is 6.53. The molecule has 0 spiro atoms. The fourth-order valence-corrected chi connectivity index (χ4v) is 4.42. The lowest BCUT2D eigenvalue weighted by atomic mass is 9.88. The molecule has 172 valence electrons. The minimum atomic E-state index is -1.58. The molecule has 1 unspecified atom stereocenters. The number of fused-ring (bicyclic) bond motifs is 1. The summed E-state index contributed by atoms with van der Waals surface area (Å²) in [4.78, 5) is 25.6. The van der Waals surface area contributed by atoms with E-state index in [1.807, 2.05) is 41.9 Å². The van der Waals surface area contributed by atoms with Crippen molar-refractivity contribution < 1.29 is 14.7 Å². The van der Waals surface area contributed by atoms with E-state index in [0.29, 0.717) is 16.9 Å². The van der Waals surface area contributed by atoms with Crippen molar-refractivity contribution in [2.45, 2.75) is 57.7 Å². The molecule has 0 aliphatic carbocycles. The van der Waals surface area contributed by atoms with E-state index in [9.17, 15) is 14.7 Å². The molecule has 3 N–H and O–H groups in total. The van der Waals surface area contributed by atoms with E-state index in [1.165, 1.54) is 13.1 Å². The van der Waals surface area contributed by atoms with Gasteiger partial charge >= 0.3 is 5.97 Å². The van der Waals surface area contributed by atoms with Crippen LogP contribution in [0.15, 0.2) is 60.8 Å². The Kier molecular flexibility index (Phi) is 5.74. The normalized spacial score (nSPS) is 18.5. The smallest absolute Gasteiger partial charge is 0.333 e. The van der Waals surface area contributed by atoms with Crippen LogP contribution < -0.4 is 10.6 Å². The number of carbonyl (C=O) groups is 2. The zero-order valence-corrected chi connectivity index (χ0v) is 19.4. The van der Waals surface area contributed by atoms with Crippen LogP contribution in [-0.2, 0) is 22.3 Å². The van der Waals surface area contributed by atoms with Crippen LogP contribution in [0, 0.1) is 0 Å². The van der Waals surface area contributed by atoms with Crippen molar-refractivity contribution >= 4 is 17.7 Å². The standard InChI is InChI=1S/C26H30N4O3/c1-5-17-11-13-19(14-12-17)26(4,24(32)33)29-23(31)20-16-27-30-22(20)28-21(15-25(30,2)3)18-9-7-6-8-10-18/h6-14,16,21,28H,5,15H2,1-4H3,(H,29,31)(H,32,33)/t21-,26?/m1/s1. The minimum absolute atomic E-state index is 0.00407. The minimum Gasteiger partial charge on any atom is -0.479 e. The maximum atomic E-state index is 13.4. The average Bonchev–Trinajstić information content (AvgIpc) is 3.24. The molecule has 1 amide bonds. The van der Waals surface area contributed by atoms with Crippen LogP contribution in [-0.4, -0.2) is 26.8 Å². The Bertz CT molecular complexity index is 1170. The van der Waals surface area contributed by atoms with Crippen LogP contribution in [0.2, 0.25) is 0 Å². The molecular formula is C26H30N4O3. The van der Waals surface area contributed by atoms with Gasteiger partial charge in [0.1, 0.15) is 11.4 Å². The van der Waals surface area contributed by atoms with Crippen LogP contribution in [0.1, 0.15) is 67.2 Å². The number of hydrogen-bond donors (Lipinski definition) is 3. The second-order valence-corrected chi connectivity index (χ2v) is 9.38. The van der Waals surface area contributed by atoms with Gasteiger partial charge in [0.25, 0.3) is 5.91 Å². The number of rotatable bonds is 6. The fourth-order valence-electron chi connectivity index (χ4n) is 4.42. The lowest BCUT2D eigenvalue weighted by molar-refractivity contribution is -0.144. The third kappa shape index (κ3) is 4.11. The number of aryl methyl sites for hydroxylation is 1. The first kappa shape index (κ1) is 22.6. The fraction of sp³-hybridized carbons (Fsp3) is 0.346. The van der Waals surface area contributed by atoms with Gasteiger partial charge in [0, 0.05) is 0 Å². The molecule has 0 saturated carbocycles. The zero-order valence-electron chi connectivity index (χ0n) is 19.4. The van der Waals surface area contributed by atoms with Crippen molar-refractivity contribution in [3.8, 4) is 0 Å². The number of carboxylic acids is 1. The van der Waals surface area contributed by atoms with Crippen molar-refractivity contribution in [1.82, 2.24) is 15.1 Å². The Labute approximate surface area is 193 Å². The number of hydrogen-bond acceptors (Lipinski definition) is 4. The number of nitrogens with one attached hydrogen (secondary N) is 2. The van der Waals surface area contributed by atoms with Crippen molar-refractivity contribution in [2.75, 3.05) is 5.32 Å². The predicted molar refractivity (Wildman–Crippen MR) is 127 cm³/mol. The Morgan fingerprint density at radius 3 is 2.45 bits per heavy atom. The van der Waals surface area contributed by atoms with Gasteiger partial charge in [0.2, 0.25) is 0 Å². The van der Waals surface area contributed by atoms with E-state index in [2.05, 4.69) is 41.7 Å². The van der Waals surface area contributed by atoms with Gasteiger partial charge in [0.15, 0.2) is 5.54 Å². The molecule has 2 heterocycles. The van der Waals surface area contributed by atoms with E-state index in [1.54, 1.807) is 12.1 Å². The van der Waals surface area contributed by atoms with Gasteiger partial charge in [0.05, 0.1) is 17.8 Å². The summed E-state index contributed by atoms with van der Waals surface area (Å²) in [6, 6.07) is 17.4. The average molecular weight is 447 g/mol. The van der Waals surface area contributed by atoms with Crippen molar-refractivity contribution in [3.05, 3.63) is 83.0 Å². The summed E-state index contributed by atoms with van der Waals surface area (Å²) in [7, 11) is 0. The molecule has 1 aliphatic rings. The molecule has 7 nitrogen and oxygen atoms in total. The lowest BCUT2D eigenvalue weighted by Gasteiger charge is -2.38. The second kappa shape index (κ2) is 8.39. The summed E-state index contributed by atoms with van der Waals surface area (Å²) >= 11 is 0. The molecule has 7 heteroatoms. The molecule has 0 saturated heterocycles. The summed E-state index contributed by atoms with van der Waals surface area (Å²) in [5.41, 5.74) is 1.14. The maximum Gasteiger partial charge on any atom is 0.333 e. The number of nitrogens with zero attached hydrogens (tertiary/aromatic N) is 2. The third-order valence-electron chi connectivity index (χ3n) is 6.53. The van der Waals surface area contributed by atoms with Gasteiger partial charge in [-0.3, -0.25) is 4.79 Å². The summed E-state index contributed by atoms with van der Waals surface area (Å²) in [5, 5.41) is 20.7. The number of amides is 1. The highest BCUT2D eigenvalue weighted by molar-refractivity contribution is 6.01. The molecule has 0 radical (unpaired) electrons. The Morgan fingerprint density at radius 2 is 1.85 bits per heavy atom. The quantitative estimate of drug-likeness (QED) is 0.519. The highest BCUT2D eigenvalue weighted by Gasteiger charge is 2.40. The summed E-state index contributed by atoms with van der Waals surface area (Å²) < 4.78 is 1.81. The van der Waals surface area contributed by atoms with E-state index >= 15 is 0 Å². The molecule has 0 bridgehead atoms. The van der Waals surface area contributed by atoms with Gasteiger partial charge in [-0.15, -0.1) is 0 Å². The Balaban J connectivity index is 1.67. The molecule has 2 aromatic carbocycles. The Hall–Kier alpha value is -3.61. The first-order valence-electron chi connectivity index (χ1n) is 11.2. The zero-order chi connectivity index (χ0) is 23.8. The largest absolute Gasteiger partial charge is 0.479 e. The number of aromatic nitrogens is 2. The van der Waals surface area contributed by atoms with Gasteiger partial charge < -0.3 is 15.7 Å². The lowest BCUT2D eigenvalue weighted by Crippen LogP contribution is -2.49. The molecular weight excluding hydrogens is 416 g/mol. The summed E-state index contributed by atoms with van der Waals surface area (Å²) in [6.45, 7) is 7.71. The maximum absolute atomic E-state index is 13.4. The van der Waals surface area contributed by atoms with Crippen molar-refractivity contribution in [1.29, 1.82) is 0 Å². The van der Waals surface area contributed by atoms with E-state index < -0.39 is 17.4 Å². The van der Waals surface area contributed by atoms with Crippen LogP contribution in [0.4, 0.5) is 5.82 Å². The van der Waals surface area contributed by atoms with E-state index in [-0.39, 0.29) is 11.6 Å². The van der Waals surface area contributed by atoms with Crippen LogP contribution in [0.25, 0.3) is 0 Å². The number of carboxylic acid groups (broad SMARTS) is 1. The number of aliphatic carboxylic acids is 1. The van der Waals surface area contributed by atoms with Crippen LogP contribution in [0.5, 0.6) is 0 Å². The van der Waals surface area contributed by atoms with Crippen molar-refractivity contribution in [2.24, 2.45) is 0 Å². The topological polar surface area (TPSA) is 96.3 Å². The molecule has 4 rings (SSSR count). The molecule has 3 aromatic rings. The highest BCUT2D eigenvalue weighted by Crippen LogP contribution is 2.40. The molecule has 1 aliphatic heterocycles. The van der Waals surface area contributed by atoms with Gasteiger partial charge in [-0.25, -0.2) is 9.48 Å². The van der Waals surface area contributed by atoms with Crippen LogP contribution in [0.3, 0.4) is 0 Å². The number of carbonyl (C=O) groups excluding carboxylic acids is 1. The molecule has 33 heavy (non-hydrogen) atoms. The monoisotopic (exact) mass is 446 g/mol. The first-order valence-corrected chi connectivity index (χ1v) is 11.2. The van der Waals surface area contributed by atoms with E-state index in [4.69, 9.17) is 0 Å². The highest BCUT2D eigenvalue weighted by atomic mass is 16.4. The van der Waals surface area contributed by atoms with Crippen molar-refractivity contribution in [3.63, 3.8) is 0 Å². The Morgan fingerprint density at radius 1 is 1.18 bits per heavy atom.